The summed E-state index contributed by atoms with van der Waals surface area (Å²) in [5, 5.41) is 1.29. The third-order valence-electron chi connectivity index (χ3n) is 6.62. The zero-order valence-electron chi connectivity index (χ0n) is 19.3. The maximum Gasteiger partial charge on any atom is 0.141 e. The van der Waals surface area contributed by atoms with Crippen LogP contribution in [0.15, 0.2) is 24.3 Å². The molecule has 2 aromatic heterocycles. The highest BCUT2D eigenvalue weighted by molar-refractivity contribution is 7.19. The fraction of sp³-hybridized carbons (Fsp3) is 0.520. The Bertz CT molecular complexity index is 1090. The van der Waals surface area contributed by atoms with Gasteiger partial charge in [-0.2, -0.15) is 0 Å². The van der Waals surface area contributed by atoms with Gasteiger partial charge in [0.25, 0.3) is 0 Å². The van der Waals surface area contributed by atoms with E-state index in [9.17, 15) is 4.39 Å². The molecule has 5 rings (SSSR count). The van der Waals surface area contributed by atoms with Crippen molar-refractivity contribution < 1.29 is 4.39 Å². The van der Waals surface area contributed by atoms with Crippen molar-refractivity contribution in [3.05, 3.63) is 46.3 Å². The Balaban J connectivity index is 1.47. The van der Waals surface area contributed by atoms with Gasteiger partial charge in [-0.1, -0.05) is 20.8 Å². The number of piperazine rings is 1. The van der Waals surface area contributed by atoms with Gasteiger partial charge in [0.05, 0.1) is 5.39 Å². The van der Waals surface area contributed by atoms with E-state index in [-0.39, 0.29) is 5.82 Å². The average molecular weight is 454 g/mol. The van der Waals surface area contributed by atoms with Crippen LogP contribution in [-0.2, 0) is 19.4 Å². The number of hydrogen-bond donors (Lipinski definition) is 0. The Morgan fingerprint density at radius 3 is 2.41 bits per heavy atom. The minimum Gasteiger partial charge on any atom is -0.368 e. The summed E-state index contributed by atoms with van der Waals surface area (Å²) in [7, 11) is 0. The molecule has 4 heterocycles. The third kappa shape index (κ3) is 4.20. The number of thiophene rings is 1. The first-order chi connectivity index (χ1) is 15.5. The molecule has 7 heteroatoms. The van der Waals surface area contributed by atoms with Gasteiger partial charge in [-0.3, -0.25) is 4.90 Å². The molecule has 0 unspecified atom stereocenters. The lowest BCUT2D eigenvalue weighted by atomic mass is 10.0. The highest BCUT2D eigenvalue weighted by Gasteiger charge is 2.27. The molecule has 2 aliphatic rings. The molecule has 5 nitrogen and oxygen atoms in total. The molecule has 170 valence electrons. The summed E-state index contributed by atoms with van der Waals surface area (Å²) in [4.78, 5) is 20.1. The van der Waals surface area contributed by atoms with E-state index < -0.39 is 0 Å². The maximum absolute atomic E-state index is 13.3. The molecule has 3 aromatic rings. The fourth-order valence-electron chi connectivity index (χ4n) is 4.86. The summed E-state index contributed by atoms with van der Waals surface area (Å²) < 4.78 is 13.3. The van der Waals surface area contributed by atoms with E-state index in [4.69, 9.17) is 9.97 Å². The normalized spacial score (nSPS) is 17.4. The molecule has 0 saturated carbocycles. The van der Waals surface area contributed by atoms with Gasteiger partial charge in [-0.25, -0.2) is 14.4 Å². The number of rotatable bonds is 5. The first-order valence-electron chi connectivity index (χ1n) is 11.8. The number of hydrogen-bond acceptors (Lipinski definition) is 6. The van der Waals surface area contributed by atoms with E-state index in [2.05, 4.69) is 35.5 Å². The van der Waals surface area contributed by atoms with Gasteiger partial charge in [-0.05, 0) is 48.7 Å². The van der Waals surface area contributed by atoms with Crippen LogP contribution in [0.5, 0.6) is 0 Å². The molecule has 32 heavy (non-hydrogen) atoms. The summed E-state index contributed by atoms with van der Waals surface area (Å²) in [6, 6.07) is 6.85. The monoisotopic (exact) mass is 453 g/mol. The first kappa shape index (κ1) is 21.6. The third-order valence-corrected chi connectivity index (χ3v) is 7.73. The Labute approximate surface area is 193 Å². The Hall–Kier alpha value is -2.25. The average Bonchev–Trinajstić information content (AvgIpc) is 3.16. The van der Waals surface area contributed by atoms with Crippen molar-refractivity contribution in [2.24, 2.45) is 5.92 Å². The molecule has 0 amide bonds. The van der Waals surface area contributed by atoms with Crippen LogP contribution in [0.3, 0.4) is 0 Å². The quantitative estimate of drug-likeness (QED) is 0.558. The second kappa shape index (κ2) is 8.94. The number of halogens is 1. The molecule has 0 N–H and O–H groups in total. The van der Waals surface area contributed by atoms with Crippen LogP contribution in [0.4, 0.5) is 15.9 Å². The Morgan fingerprint density at radius 1 is 1.00 bits per heavy atom. The predicted octanol–water partition coefficient (Wildman–Crippen LogP) is 4.73. The van der Waals surface area contributed by atoms with E-state index in [0.717, 1.165) is 80.8 Å². The van der Waals surface area contributed by atoms with Gasteiger partial charge in [0, 0.05) is 56.3 Å². The van der Waals surface area contributed by atoms with Crippen LogP contribution in [-0.4, -0.2) is 54.1 Å². The van der Waals surface area contributed by atoms with Crippen LogP contribution in [0.2, 0.25) is 0 Å². The SMILES string of the molecule is CCN1CCc2c(sc3nc(CC(C)C)nc(N4CCN(c5ccc(F)cc5)CC4)c23)C1. The summed E-state index contributed by atoms with van der Waals surface area (Å²) in [6.07, 6.45) is 1.99. The van der Waals surface area contributed by atoms with Gasteiger partial charge in [0.1, 0.15) is 22.3 Å². The minimum atomic E-state index is -0.183. The van der Waals surface area contributed by atoms with Crippen molar-refractivity contribution in [3.8, 4) is 0 Å². The number of aromatic nitrogens is 2. The molecule has 1 aromatic carbocycles. The summed E-state index contributed by atoms with van der Waals surface area (Å²) in [6.45, 7) is 13.6. The van der Waals surface area contributed by atoms with E-state index >= 15 is 0 Å². The van der Waals surface area contributed by atoms with Crippen LogP contribution >= 0.6 is 11.3 Å². The molecule has 0 bridgehead atoms. The number of fused-ring (bicyclic) bond motifs is 3. The molecule has 2 aliphatic heterocycles. The lowest BCUT2D eigenvalue weighted by Crippen LogP contribution is -2.47. The Kier molecular flexibility index (Phi) is 6.03. The molecule has 0 radical (unpaired) electrons. The number of likely N-dealkylation sites (N-methyl/N-ethyl adjacent to an activating group) is 1. The van der Waals surface area contributed by atoms with Crippen LogP contribution in [0, 0.1) is 11.7 Å². The summed E-state index contributed by atoms with van der Waals surface area (Å²) in [5.41, 5.74) is 2.56. The maximum atomic E-state index is 13.3. The van der Waals surface area contributed by atoms with Crippen molar-refractivity contribution in [3.63, 3.8) is 0 Å². The zero-order chi connectivity index (χ0) is 22.2. The lowest BCUT2D eigenvalue weighted by molar-refractivity contribution is 0.272. The molecule has 0 spiro atoms. The van der Waals surface area contributed by atoms with Crippen LogP contribution in [0.1, 0.15) is 37.0 Å². The van der Waals surface area contributed by atoms with Crippen molar-refractivity contribution in [2.75, 3.05) is 49.1 Å². The summed E-state index contributed by atoms with van der Waals surface area (Å²) in [5.74, 6) is 2.44. The van der Waals surface area contributed by atoms with Gasteiger partial charge in [0.2, 0.25) is 0 Å². The molecular formula is C25H32FN5S. The topological polar surface area (TPSA) is 35.5 Å². The number of benzene rings is 1. The van der Waals surface area contributed by atoms with Crippen LogP contribution < -0.4 is 9.80 Å². The van der Waals surface area contributed by atoms with Crippen molar-refractivity contribution in [2.45, 2.75) is 40.2 Å². The molecule has 0 atom stereocenters. The fourth-order valence-corrected chi connectivity index (χ4v) is 6.13. The van der Waals surface area contributed by atoms with Gasteiger partial charge in [-0.15, -0.1) is 11.3 Å². The standard InChI is InChI=1S/C25H32FN5S/c1-4-29-10-9-20-21(16-29)32-25-23(20)24(27-22(28-25)15-17(2)3)31-13-11-30(12-14-31)19-7-5-18(26)6-8-19/h5-8,17H,4,9-16H2,1-3H3. The molecular weight excluding hydrogens is 421 g/mol. The van der Waals surface area contributed by atoms with Crippen LogP contribution in [0.25, 0.3) is 10.2 Å². The Morgan fingerprint density at radius 2 is 1.72 bits per heavy atom. The second-order valence-electron chi connectivity index (χ2n) is 9.31. The van der Waals surface area contributed by atoms with Crippen molar-refractivity contribution in [1.29, 1.82) is 0 Å². The van der Waals surface area contributed by atoms with Gasteiger partial charge >= 0.3 is 0 Å². The predicted molar refractivity (Wildman–Crippen MR) is 131 cm³/mol. The largest absolute Gasteiger partial charge is 0.368 e. The first-order valence-corrected chi connectivity index (χ1v) is 12.6. The van der Waals surface area contributed by atoms with Crippen molar-refractivity contribution in [1.82, 2.24) is 14.9 Å². The minimum absolute atomic E-state index is 0.183. The van der Waals surface area contributed by atoms with Gasteiger partial charge < -0.3 is 9.80 Å². The van der Waals surface area contributed by atoms with Crippen molar-refractivity contribution >= 4 is 33.1 Å². The van der Waals surface area contributed by atoms with E-state index in [1.165, 1.54) is 15.8 Å². The highest BCUT2D eigenvalue weighted by Crippen LogP contribution is 2.39. The van der Waals surface area contributed by atoms with Gasteiger partial charge in [0.15, 0.2) is 0 Å². The molecule has 1 fully saturated rings. The zero-order valence-corrected chi connectivity index (χ0v) is 20.1. The lowest BCUT2D eigenvalue weighted by Gasteiger charge is -2.37. The second-order valence-corrected chi connectivity index (χ2v) is 10.4. The molecule has 1 saturated heterocycles. The number of anilines is 2. The summed E-state index contributed by atoms with van der Waals surface area (Å²) >= 11 is 1.87. The number of nitrogens with zero attached hydrogens (tertiary/aromatic N) is 5. The van der Waals surface area contributed by atoms with E-state index in [1.54, 1.807) is 12.1 Å². The highest BCUT2D eigenvalue weighted by atomic mass is 32.1. The van der Waals surface area contributed by atoms with E-state index in [0.29, 0.717) is 5.92 Å². The smallest absolute Gasteiger partial charge is 0.141 e. The molecule has 0 aliphatic carbocycles. The van der Waals surface area contributed by atoms with E-state index in [1.807, 2.05) is 23.5 Å².